The van der Waals surface area contributed by atoms with Crippen LogP contribution in [0.3, 0.4) is 0 Å². The molecule has 0 aromatic carbocycles. The molecule has 1 atom stereocenters. The molecule has 14 heavy (non-hydrogen) atoms. The van der Waals surface area contributed by atoms with Gasteiger partial charge in [0.25, 0.3) is 0 Å². The van der Waals surface area contributed by atoms with Crippen molar-refractivity contribution < 1.29 is 13.2 Å². The third kappa shape index (κ3) is 8.47. The topological polar surface area (TPSA) is 69.4 Å². The summed E-state index contributed by atoms with van der Waals surface area (Å²) in [7, 11) is -1.37. The molecular weight excluding hydrogens is 202 g/mol. The fraction of sp³-hybridized carbons (Fsp3) is 1.00. The van der Waals surface area contributed by atoms with Crippen LogP contribution in [0.15, 0.2) is 0 Å². The standard InChI is InChI=1S/C9H21NO3S/c1-13-9(8-14(2,11)12)6-4-3-5-7-10/h9H,3-8,10H2,1-2H3. The fourth-order valence-electron chi connectivity index (χ4n) is 1.30. The number of hydrogen-bond donors (Lipinski definition) is 1. The molecule has 0 amide bonds. The highest BCUT2D eigenvalue weighted by molar-refractivity contribution is 7.90. The van der Waals surface area contributed by atoms with E-state index in [1.165, 1.54) is 6.26 Å². The molecule has 0 fully saturated rings. The molecule has 0 rings (SSSR count). The highest BCUT2D eigenvalue weighted by atomic mass is 32.2. The van der Waals surface area contributed by atoms with Gasteiger partial charge in [-0.15, -0.1) is 0 Å². The van der Waals surface area contributed by atoms with Gasteiger partial charge < -0.3 is 10.5 Å². The van der Waals surface area contributed by atoms with Gasteiger partial charge in [-0.25, -0.2) is 8.42 Å². The van der Waals surface area contributed by atoms with E-state index in [2.05, 4.69) is 0 Å². The largest absolute Gasteiger partial charge is 0.380 e. The van der Waals surface area contributed by atoms with Gasteiger partial charge in [-0.3, -0.25) is 0 Å². The van der Waals surface area contributed by atoms with Crippen LogP contribution < -0.4 is 5.73 Å². The zero-order chi connectivity index (χ0) is 11.0. The van der Waals surface area contributed by atoms with Crippen LogP contribution in [0, 0.1) is 0 Å². The third-order valence-electron chi connectivity index (χ3n) is 2.05. The fourth-order valence-corrected chi connectivity index (χ4v) is 2.28. The third-order valence-corrected chi connectivity index (χ3v) is 3.03. The number of sulfone groups is 1. The summed E-state index contributed by atoms with van der Waals surface area (Å²) in [6.07, 6.45) is 4.88. The van der Waals surface area contributed by atoms with E-state index in [0.717, 1.165) is 25.7 Å². The van der Waals surface area contributed by atoms with Gasteiger partial charge in [0.05, 0.1) is 11.9 Å². The van der Waals surface area contributed by atoms with Gasteiger partial charge >= 0.3 is 0 Å². The molecule has 1 unspecified atom stereocenters. The minimum absolute atomic E-state index is 0.117. The molecule has 0 aromatic rings. The van der Waals surface area contributed by atoms with Crippen molar-refractivity contribution in [3.8, 4) is 0 Å². The Morgan fingerprint density at radius 2 is 1.93 bits per heavy atom. The van der Waals surface area contributed by atoms with E-state index in [1.807, 2.05) is 0 Å². The minimum atomic E-state index is -2.93. The second-order valence-corrected chi connectivity index (χ2v) is 5.77. The summed E-state index contributed by atoms with van der Waals surface area (Å²) in [6, 6.07) is 0. The van der Waals surface area contributed by atoms with E-state index in [-0.39, 0.29) is 11.9 Å². The van der Waals surface area contributed by atoms with Crippen LogP contribution in [0.1, 0.15) is 25.7 Å². The van der Waals surface area contributed by atoms with E-state index in [0.29, 0.717) is 6.54 Å². The molecule has 2 N–H and O–H groups in total. The van der Waals surface area contributed by atoms with Crippen molar-refractivity contribution in [2.45, 2.75) is 31.8 Å². The SMILES string of the molecule is COC(CCCCCN)CS(C)(=O)=O. The molecule has 0 aliphatic rings. The number of ether oxygens (including phenoxy) is 1. The van der Waals surface area contributed by atoms with Crippen molar-refractivity contribution in [3.63, 3.8) is 0 Å². The van der Waals surface area contributed by atoms with Gasteiger partial charge in [-0.2, -0.15) is 0 Å². The molecule has 0 saturated heterocycles. The first-order valence-corrected chi connectivity index (χ1v) is 6.96. The molecule has 86 valence electrons. The Labute approximate surface area is 86.7 Å². The molecule has 0 bridgehead atoms. The number of methoxy groups -OCH3 is 1. The normalized spacial score (nSPS) is 14.2. The first-order valence-electron chi connectivity index (χ1n) is 4.90. The van der Waals surface area contributed by atoms with Crippen molar-refractivity contribution in [1.82, 2.24) is 0 Å². The number of hydrogen-bond acceptors (Lipinski definition) is 4. The second kappa shape index (κ2) is 7.20. The van der Waals surface area contributed by atoms with E-state index >= 15 is 0 Å². The van der Waals surface area contributed by atoms with Gasteiger partial charge in [-0.1, -0.05) is 12.8 Å². The molecule has 4 nitrogen and oxygen atoms in total. The summed E-state index contributed by atoms with van der Waals surface area (Å²) in [5.41, 5.74) is 5.35. The lowest BCUT2D eigenvalue weighted by molar-refractivity contribution is 0.111. The average molecular weight is 223 g/mol. The predicted octanol–water partition coefficient (Wildman–Crippen LogP) is 0.565. The van der Waals surface area contributed by atoms with Gasteiger partial charge in [0, 0.05) is 13.4 Å². The highest BCUT2D eigenvalue weighted by Gasteiger charge is 2.13. The monoisotopic (exact) mass is 223 g/mol. The van der Waals surface area contributed by atoms with Crippen LogP contribution in [0.5, 0.6) is 0 Å². The lowest BCUT2D eigenvalue weighted by Gasteiger charge is -2.13. The van der Waals surface area contributed by atoms with Crippen LogP contribution in [0.25, 0.3) is 0 Å². The summed E-state index contributed by atoms with van der Waals surface area (Å²) in [5.74, 6) is 0.117. The molecule has 0 heterocycles. The Balaban J connectivity index is 3.69. The Hall–Kier alpha value is -0.130. The summed E-state index contributed by atoms with van der Waals surface area (Å²) in [6.45, 7) is 0.698. The number of rotatable bonds is 8. The molecule has 0 aliphatic heterocycles. The molecule has 0 saturated carbocycles. The van der Waals surface area contributed by atoms with Crippen molar-refractivity contribution >= 4 is 9.84 Å². The summed E-state index contributed by atoms with van der Waals surface area (Å²) >= 11 is 0. The van der Waals surface area contributed by atoms with Crippen LogP contribution in [-0.2, 0) is 14.6 Å². The molecule has 0 aliphatic carbocycles. The van der Waals surface area contributed by atoms with E-state index in [9.17, 15) is 8.42 Å². The number of unbranched alkanes of at least 4 members (excludes halogenated alkanes) is 2. The maximum Gasteiger partial charge on any atom is 0.149 e. The average Bonchev–Trinajstić information content (AvgIpc) is 2.08. The lowest BCUT2D eigenvalue weighted by atomic mass is 10.1. The quantitative estimate of drug-likeness (QED) is 0.611. The van der Waals surface area contributed by atoms with Gasteiger partial charge in [-0.05, 0) is 19.4 Å². The molecule has 0 spiro atoms. The summed E-state index contributed by atoms with van der Waals surface area (Å²) in [5, 5.41) is 0. The van der Waals surface area contributed by atoms with Crippen LogP contribution in [-0.4, -0.2) is 40.2 Å². The van der Waals surface area contributed by atoms with Crippen molar-refractivity contribution in [1.29, 1.82) is 0 Å². The Morgan fingerprint density at radius 3 is 2.36 bits per heavy atom. The zero-order valence-corrected chi connectivity index (χ0v) is 9.85. The molecule has 5 heteroatoms. The van der Waals surface area contributed by atoms with Crippen LogP contribution in [0.2, 0.25) is 0 Å². The van der Waals surface area contributed by atoms with Gasteiger partial charge in [0.2, 0.25) is 0 Å². The highest BCUT2D eigenvalue weighted by Crippen LogP contribution is 2.07. The maximum atomic E-state index is 11.0. The summed E-state index contributed by atoms with van der Waals surface area (Å²) in [4.78, 5) is 0. The molecule has 0 radical (unpaired) electrons. The first-order chi connectivity index (χ1) is 6.49. The minimum Gasteiger partial charge on any atom is -0.380 e. The molecule has 0 aromatic heterocycles. The lowest BCUT2D eigenvalue weighted by Crippen LogP contribution is -2.22. The molecular formula is C9H21NO3S. The zero-order valence-electron chi connectivity index (χ0n) is 9.03. The van der Waals surface area contributed by atoms with Crippen LogP contribution in [0.4, 0.5) is 0 Å². The van der Waals surface area contributed by atoms with Gasteiger partial charge in [0.15, 0.2) is 0 Å². The van der Waals surface area contributed by atoms with E-state index in [1.54, 1.807) is 7.11 Å². The van der Waals surface area contributed by atoms with Gasteiger partial charge in [0.1, 0.15) is 9.84 Å². The second-order valence-electron chi connectivity index (χ2n) is 3.59. The van der Waals surface area contributed by atoms with Crippen LogP contribution >= 0.6 is 0 Å². The smallest absolute Gasteiger partial charge is 0.149 e. The van der Waals surface area contributed by atoms with E-state index in [4.69, 9.17) is 10.5 Å². The summed E-state index contributed by atoms with van der Waals surface area (Å²) < 4.78 is 27.1. The predicted molar refractivity (Wildman–Crippen MR) is 58.0 cm³/mol. The van der Waals surface area contributed by atoms with E-state index < -0.39 is 9.84 Å². The maximum absolute atomic E-state index is 11.0. The van der Waals surface area contributed by atoms with Crippen molar-refractivity contribution in [2.75, 3.05) is 25.7 Å². The Kier molecular flexibility index (Phi) is 7.13. The Morgan fingerprint density at radius 1 is 1.29 bits per heavy atom. The first kappa shape index (κ1) is 13.9. The number of nitrogens with two attached hydrogens (primary N) is 1. The Bertz CT molecular complexity index is 226. The van der Waals surface area contributed by atoms with Crippen molar-refractivity contribution in [3.05, 3.63) is 0 Å². The van der Waals surface area contributed by atoms with Crippen molar-refractivity contribution in [2.24, 2.45) is 5.73 Å².